The van der Waals surface area contributed by atoms with E-state index in [9.17, 15) is 5.11 Å². The highest BCUT2D eigenvalue weighted by molar-refractivity contribution is 9.10. The molecule has 2 N–H and O–H groups in total. The van der Waals surface area contributed by atoms with Crippen LogP contribution in [0.2, 0.25) is 0 Å². The van der Waals surface area contributed by atoms with Crippen LogP contribution in [0.25, 0.3) is 0 Å². The highest BCUT2D eigenvalue weighted by Gasteiger charge is 2.28. The second kappa shape index (κ2) is 5.40. The van der Waals surface area contributed by atoms with Gasteiger partial charge in [-0.3, -0.25) is 0 Å². The van der Waals surface area contributed by atoms with Gasteiger partial charge < -0.3 is 14.9 Å². The summed E-state index contributed by atoms with van der Waals surface area (Å²) < 4.78 is 6.30. The first-order valence-electron chi connectivity index (χ1n) is 6.19. The van der Waals surface area contributed by atoms with Crippen molar-refractivity contribution >= 4 is 15.9 Å². The van der Waals surface area contributed by atoms with Gasteiger partial charge in [-0.25, -0.2) is 0 Å². The number of nitrogens with one attached hydrogen (secondary N) is 1. The summed E-state index contributed by atoms with van der Waals surface area (Å²) in [6, 6.07) is 7.94. The smallest absolute Gasteiger partial charge is 0.243 e. The van der Waals surface area contributed by atoms with Crippen molar-refractivity contribution in [2.24, 2.45) is 0 Å². The zero-order valence-electron chi connectivity index (χ0n) is 10.2. The quantitative estimate of drug-likeness (QED) is 0.901. The second-order valence-corrected chi connectivity index (χ2v) is 5.52. The molecule has 19 heavy (non-hydrogen) atoms. The fraction of sp³-hybridized carbons (Fsp3) is 0.385. The molecule has 6 heteroatoms. The minimum Gasteiger partial charge on any atom is -0.392 e. The number of β-amino-alcohol motifs (C(OH)–C–C–N with tert-alkyl or cyclic N) is 1. The van der Waals surface area contributed by atoms with E-state index in [0.717, 1.165) is 10.0 Å². The predicted octanol–water partition coefficient (Wildman–Crippen LogP) is 1.82. The van der Waals surface area contributed by atoms with Gasteiger partial charge in [-0.1, -0.05) is 39.3 Å². The lowest BCUT2D eigenvalue weighted by molar-refractivity contribution is 0.191. The first-order valence-corrected chi connectivity index (χ1v) is 6.99. The van der Waals surface area contributed by atoms with Crippen LogP contribution in [-0.4, -0.2) is 27.9 Å². The van der Waals surface area contributed by atoms with Crippen LogP contribution >= 0.6 is 15.9 Å². The monoisotopic (exact) mass is 323 g/mol. The SMILES string of the molecule is O[C@H]1CN[C@@H](c2nc(Cc3ccccc3Br)no2)C1. The minimum absolute atomic E-state index is 0.0320. The van der Waals surface area contributed by atoms with Crippen molar-refractivity contribution in [3.63, 3.8) is 0 Å². The van der Waals surface area contributed by atoms with E-state index in [4.69, 9.17) is 4.52 Å². The molecule has 0 spiro atoms. The molecular formula is C13H14BrN3O2. The van der Waals surface area contributed by atoms with Gasteiger partial charge in [0.05, 0.1) is 12.1 Å². The molecule has 3 rings (SSSR count). The standard InChI is InChI=1S/C13H14BrN3O2/c14-10-4-2-1-3-8(10)5-12-16-13(19-17-12)11-6-9(18)7-15-11/h1-4,9,11,15,18H,5-7H2/t9-,11-/m1/s1. The zero-order chi connectivity index (χ0) is 13.2. The summed E-state index contributed by atoms with van der Waals surface area (Å²) in [5.41, 5.74) is 1.12. The van der Waals surface area contributed by atoms with Crippen molar-refractivity contribution in [3.05, 3.63) is 46.0 Å². The first-order chi connectivity index (χ1) is 9.22. The van der Waals surface area contributed by atoms with Crippen molar-refractivity contribution in [1.29, 1.82) is 0 Å². The van der Waals surface area contributed by atoms with Crippen LogP contribution in [0.15, 0.2) is 33.3 Å². The van der Waals surface area contributed by atoms with Crippen molar-refractivity contribution in [3.8, 4) is 0 Å². The van der Waals surface area contributed by atoms with E-state index in [1.54, 1.807) is 0 Å². The normalized spacial score (nSPS) is 22.8. The summed E-state index contributed by atoms with van der Waals surface area (Å²) >= 11 is 3.50. The molecule has 0 radical (unpaired) electrons. The number of hydrogen-bond donors (Lipinski definition) is 2. The zero-order valence-corrected chi connectivity index (χ0v) is 11.8. The molecule has 0 amide bonds. The Balaban J connectivity index is 1.73. The van der Waals surface area contributed by atoms with Crippen molar-refractivity contribution in [2.45, 2.75) is 25.0 Å². The van der Waals surface area contributed by atoms with Crippen LogP contribution in [0.5, 0.6) is 0 Å². The van der Waals surface area contributed by atoms with E-state index in [-0.39, 0.29) is 12.1 Å². The first kappa shape index (κ1) is 12.8. The van der Waals surface area contributed by atoms with Gasteiger partial charge in [-0.15, -0.1) is 0 Å². The Morgan fingerprint density at radius 1 is 1.42 bits per heavy atom. The van der Waals surface area contributed by atoms with E-state index in [1.165, 1.54) is 0 Å². The maximum Gasteiger partial charge on any atom is 0.243 e. The van der Waals surface area contributed by atoms with E-state index >= 15 is 0 Å². The van der Waals surface area contributed by atoms with E-state index < -0.39 is 0 Å². The van der Waals surface area contributed by atoms with Crippen molar-refractivity contribution in [2.75, 3.05) is 6.54 Å². The Hall–Kier alpha value is -1.24. The van der Waals surface area contributed by atoms with Gasteiger partial charge in [-0.2, -0.15) is 4.98 Å². The Labute approximate surface area is 119 Å². The largest absolute Gasteiger partial charge is 0.392 e. The van der Waals surface area contributed by atoms with Crippen LogP contribution in [0, 0.1) is 0 Å². The summed E-state index contributed by atoms with van der Waals surface area (Å²) in [4.78, 5) is 4.39. The lowest BCUT2D eigenvalue weighted by Crippen LogP contribution is -2.15. The number of benzene rings is 1. The van der Waals surface area contributed by atoms with Gasteiger partial charge in [0, 0.05) is 17.4 Å². The fourth-order valence-electron chi connectivity index (χ4n) is 2.20. The second-order valence-electron chi connectivity index (χ2n) is 4.67. The molecule has 1 aliphatic heterocycles. The number of nitrogens with zero attached hydrogens (tertiary/aromatic N) is 2. The summed E-state index contributed by atoms with van der Waals surface area (Å²) in [6.07, 6.45) is 0.917. The van der Waals surface area contributed by atoms with Crippen molar-refractivity contribution < 1.29 is 9.63 Å². The van der Waals surface area contributed by atoms with Crippen LogP contribution in [-0.2, 0) is 6.42 Å². The lowest BCUT2D eigenvalue weighted by Gasteiger charge is -2.02. The fourth-order valence-corrected chi connectivity index (χ4v) is 2.62. The molecule has 100 valence electrons. The van der Waals surface area contributed by atoms with Crippen LogP contribution in [0.3, 0.4) is 0 Å². The number of aliphatic hydroxyl groups is 1. The van der Waals surface area contributed by atoms with Gasteiger partial charge in [0.2, 0.25) is 5.89 Å². The molecule has 0 unspecified atom stereocenters. The summed E-state index contributed by atoms with van der Waals surface area (Å²) in [5, 5.41) is 16.6. The maximum atomic E-state index is 9.48. The molecular weight excluding hydrogens is 310 g/mol. The Bertz CT molecular complexity index is 573. The number of rotatable bonds is 3. The molecule has 1 aliphatic rings. The van der Waals surface area contributed by atoms with E-state index in [2.05, 4.69) is 31.4 Å². The number of halogens is 1. The molecule has 1 fully saturated rings. The third-order valence-corrected chi connectivity index (χ3v) is 3.97. The van der Waals surface area contributed by atoms with Crippen LogP contribution in [0.1, 0.15) is 29.7 Å². The van der Waals surface area contributed by atoms with Gasteiger partial charge in [0.15, 0.2) is 5.82 Å². The molecule has 1 aromatic heterocycles. The van der Waals surface area contributed by atoms with Gasteiger partial charge in [0.25, 0.3) is 0 Å². The summed E-state index contributed by atoms with van der Waals surface area (Å²) in [5.74, 6) is 1.21. The third kappa shape index (κ3) is 2.86. The molecule has 1 saturated heterocycles. The van der Waals surface area contributed by atoms with Crippen LogP contribution in [0.4, 0.5) is 0 Å². The highest BCUT2D eigenvalue weighted by Crippen LogP contribution is 2.23. The van der Waals surface area contributed by atoms with Gasteiger partial charge in [-0.05, 0) is 18.1 Å². The average molecular weight is 324 g/mol. The highest BCUT2D eigenvalue weighted by atomic mass is 79.9. The number of hydrogen-bond acceptors (Lipinski definition) is 5. The van der Waals surface area contributed by atoms with Crippen LogP contribution < -0.4 is 5.32 Å². The number of aliphatic hydroxyl groups excluding tert-OH is 1. The van der Waals surface area contributed by atoms with Gasteiger partial charge in [0.1, 0.15) is 0 Å². The molecule has 0 saturated carbocycles. The van der Waals surface area contributed by atoms with E-state index in [0.29, 0.717) is 31.1 Å². The molecule has 2 aromatic rings. The number of aromatic nitrogens is 2. The summed E-state index contributed by atoms with van der Waals surface area (Å²) in [7, 11) is 0. The molecule has 1 aromatic carbocycles. The average Bonchev–Trinajstić information content (AvgIpc) is 3.01. The molecule has 5 nitrogen and oxygen atoms in total. The predicted molar refractivity (Wildman–Crippen MR) is 72.6 cm³/mol. The lowest BCUT2D eigenvalue weighted by atomic mass is 10.1. The third-order valence-electron chi connectivity index (χ3n) is 3.20. The van der Waals surface area contributed by atoms with Crippen molar-refractivity contribution in [1.82, 2.24) is 15.5 Å². The summed E-state index contributed by atoms with van der Waals surface area (Å²) in [6.45, 7) is 0.576. The van der Waals surface area contributed by atoms with Gasteiger partial charge >= 0.3 is 0 Å². The Morgan fingerprint density at radius 3 is 3.00 bits per heavy atom. The maximum absolute atomic E-state index is 9.48. The molecule has 0 bridgehead atoms. The minimum atomic E-state index is -0.330. The van der Waals surface area contributed by atoms with E-state index in [1.807, 2.05) is 24.3 Å². The molecule has 2 heterocycles. The topological polar surface area (TPSA) is 71.2 Å². The Kier molecular flexibility index (Phi) is 3.63. The molecule has 2 atom stereocenters. The Morgan fingerprint density at radius 2 is 2.26 bits per heavy atom. The molecule has 0 aliphatic carbocycles.